The molecule has 3 atom stereocenters. The minimum absolute atomic E-state index is 0.222. The predicted molar refractivity (Wildman–Crippen MR) is 161 cm³/mol. The Kier molecular flexibility index (Phi) is 15.5. The lowest BCUT2D eigenvalue weighted by atomic mass is 9.94. The second kappa shape index (κ2) is 17.7. The molecule has 1 aromatic rings. The van der Waals surface area contributed by atoms with E-state index in [1.54, 1.807) is 25.7 Å². The zero-order valence-corrected chi connectivity index (χ0v) is 26.7. The van der Waals surface area contributed by atoms with Crippen LogP contribution in [0.15, 0.2) is 18.2 Å². The number of aryl methyl sites for hydroxylation is 2. The maximum Gasteiger partial charge on any atom is 0.408 e. The van der Waals surface area contributed by atoms with Gasteiger partial charge in [0.25, 0.3) is 0 Å². The average Bonchev–Trinajstić information content (AvgIpc) is 2.91. The summed E-state index contributed by atoms with van der Waals surface area (Å²) in [5, 5.41) is 5.44. The second-order valence-electron chi connectivity index (χ2n) is 11.8. The van der Waals surface area contributed by atoms with Gasteiger partial charge in [-0.15, -0.1) is 0 Å². The third kappa shape index (κ3) is 12.5. The Morgan fingerprint density at radius 2 is 1.59 bits per heavy atom. The summed E-state index contributed by atoms with van der Waals surface area (Å²) in [5.41, 5.74) is 1.93. The third-order valence-electron chi connectivity index (χ3n) is 7.23. The fourth-order valence-electron chi connectivity index (χ4n) is 4.46. The van der Waals surface area contributed by atoms with E-state index in [0.717, 1.165) is 43.2 Å². The largest absolute Gasteiger partial charge is 0.468 e. The third-order valence-corrected chi connectivity index (χ3v) is 7.23. The Labute approximate surface area is 247 Å². The Bertz CT molecular complexity index is 1000. The minimum atomic E-state index is -1.01. The van der Waals surface area contributed by atoms with E-state index in [9.17, 15) is 19.2 Å². The fraction of sp³-hybridized carbons (Fsp3) is 0.688. The van der Waals surface area contributed by atoms with Crippen LogP contribution in [0.3, 0.4) is 0 Å². The van der Waals surface area contributed by atoms with E-state index in [1.165, 1.54) is 7.11 Å². The Morgan fingerprint density at radius 3 is 2.15 bits per heavy atom. The number of hydrogen-bond acceptors (Lipinski definition) is 6. The first-order valence-corrected chi connectivity index (χ1v) is 15.0. The molecule has 0 saturated heterocycles. The zero-order valence-electron chi connectivity index (χ0n) is 26.7. The number of amides is 3. The maximum absolute atomic E-state index is 14.4. The van der Waals surface area contributed by atoms with Crippen LogP contribution in [0.1, 0.15) is 109 Å². The number of nitrogens with one attached hydrogen (secondary N) is 2. The van der Waals surface area contributed by atoms with E-state index >= 15 is 0 Å². The number of alkyl carbamates (subject to hydrolysis) is 1. The summed E-state index contributed by atoms with van der Waals surface area (Å²) >= 11 is 0. The van der Waals surface area contributed by atoms with Gasteiger partial charge in [0.15, 0.2) is 0 Å². The monoisotopic (exact) mass is 575 g/mol. The molecule has 0 bridgehead atoms. The molecular weight excluding hydrogens is 522 g/mol. The number of carbonyl (C=O) groups excluding carboxylic acids is 4. The van der Waals surface area contributed by atoms with Gasteiger partial charge >= 0.3 is 12.1 Å². The normalized spacial score (nSPS) is 13.5. The molecular formula is C32H53N3O6. The number of nitrogens with zero attached hydrogens (tertiary/aromatic N) is 1. The van der Waals surface area contributed by atoms with Gasteiger partial charge in [0, 0.05) is 6.54 Å². The molecule has 0 heterocycles. The Hall–Kier alpha value is -3.10. The molecule has 0 radical (unpaired) electrons. The highest BCUT2D eigenvalue weighted by Crippen LogP contribution is 2.27. The first-order valence-electron chi connectivity index (χ1n) is 15.0. The summed E-state index contributed by atoms with van der Waals surface area (Å²) in [6, 6.07) is 3.75. The molecule has 232 valence electrons. The van der Waals surface area contributed by atoms with Crippen molar-refractivity contribution >= 4 is 23.9 Å². The summed E-state index contributed by atoms with van der Waals surface area (Å²) in [5.74, 6) is -1.66. The van der Waals surface area contributed by atoms with Gasteiger partial charge in [-0.25, -0.2) is 4.79 Å². The van der Waals surface area contributed by atoms with Gasteiger partial charge in [-0.05, 0) is 63.6 Å². The Balaban J connectivity index is 3.53. The van der Waals surface area contributed by atoms with Crippen molar-refractivity contribution in [3.8, 4) is 0 Å². The molecule has 1 aromatic carbocycles. The summed E-state index contributed by atoms with van der Waals surface area (Å²) < 4.78 is 10.2. The van der Waals surface area contributed by atoms with E-state index in [2.05, 4.69) is 17.6 Å². The van der Waals surface area contributed by atoms with Crippen molar-refractivity contribution in [2.75, 3.05) is 20.2 Å². The van der Waals surface area contributed by atoms with Crippen LogP contribution >= 0.6 is 0 Å². The van der Waals surface area contributed by atoms with Crippen LogP contribution in [0.2, 0.25) is 0 Å². The van der Waals surface area contributed by atoms with Crippen molar-refractivity contribution in [2.24, 2.45) is 5.92 Å². The lowest BCUT2D eigenvalue weighted by molar-refractivity contribution is -0.145. The number of carbonyl (C=O) groups is 4. The van der Waals surface area contributed by atoms with Crippen LogP contribution in [0.4, 0.5) is 4.79 Å². The molecule has 1 rings (SSSR count). The highest BCUT2D eigenvalue weighted by atomic mass is 16.6. The van der Waals surface area contributed by atoms with E-state index in [4.69, 9.17) is 9.47 Å². The van der Waals surface area contributed by atoms with Crippen LogP contribution in [0.25, 0.3) is 0 Å². The van der Waals surface area contributed by atoms with Gasteiger partial charge in [-0.2, -0.15) is 0 Å². The molecule has 3 amide bonds. The lowest BCUT2D eigenvalue weighted by Gasteiger charge is -2.36. The summed E-state index contributed by atoms with van der Waals surface area (Å²) in [6.07, 6.45) is 5.96. The van der Waals surface area contributed by atoms with Gasteiger partial charge in [-0.1, -0.05) is 77.5 Å². The van der Waals surface area contributed by atoms with Crippen molar-refractivity contribution in [3.63, 3.8) is 0 Å². The SMILES string of the molecule is CCCCCCCCN(C(=O)C(NC(=O)OC(C)(C)C)C(C)CC)C(C(=O)NCC(=O)OC)c1ccc(C)c(C)c1. The summed E-state index contributed by atoms with van der Waals surface area (Å²) in [7, 11) is 1.25. The first-order chi connectivity index (χ1) is 19.2. The molecule has 0 saturated carbocycles. The molecule has 0 aromatic heterocycles. The van der Waals surface area contributed by atoms with E-state index in [1.807, 2.05) is 45.9 Å². The number of hydrogen-bond donors (Lipinski definition) is 2. The zero-order chi connectivity index (χ0) is 31.2. The van der Waals surface area contributed by atoms with Gasteiger partial charge < -0.3 is 25.0 Å². The molecule has 0 aliphatic rings. The van der Waals surface area contributed by atoms with Gasteiger partial charge in [0.05, 0.1) is 7.11 Å². The van der Waals surface area contributed by atoms with Crippen LogP contribution < -0.4 is 10.6 Å². The molecule has 9 heteroatoms. The van der Waals surface area contributed by atoms with E-state index in [-0.39, 0.29) is 18.4 Å². The Morgan fingerprint density at radius 1 is 0.951 bits per heavy atom. The summed E-state index contributed by atoms with van der Waals surface area (Å²) in [6.45, 7) is 15.2. The van der Waals surface area contributed by atoms with Gasteiger partial charge in [0.1, 0.15) is 24.2 Å². The van der Waals surface area contributed by atoms with Crippen molar-refractivity contribution in [3.05, 3.63) is 34.9 Å². The number of rotatable bonds is 16. The molecule has 0 spiro atoms. The van der Waals surface area contributed by atoms with E-state index in [0.29, 0.717) is 24.9 Å². The first kappa shape index (κ1) is 35.9. The predicted octanol–water partition coefficient (Wildman–Crippen LogP) is 5.76. The highest BCUT2D eigenvalue weighted by molar-refractivity contribution is 5.93. The molecule has 41 heavy (non-hydrogen) atoms. The molecule has 2 N–H and O–H groups in total. The smallest absolute Gasteiger partial charge is 0.408 e. The van der Waals surface area contributed by atoms with Crippen LogP contribution in [0, 0.1) is 19.8 Å². The quantitative estimate of drug-likeness (QED) is 0.191. The minimum Gasteiger partial charge on any atom is -0.468 e. The molecule has 0 fully saturated rings. The van der Waals surface area contributed by atoms with Crippen molar-refractivity contribution in [1.82, 2.24) is 15.5 Å². The van der Waals surface area contributed by atoms with E-state index < -0.39 is 35.7 Å². The number of esters is 1. The second-order valence-corrected chi connectivity index (χ2v) is 11.8. The van der Waals surface area contributed by atoms with Crippen molar-refractivity contribution in [2.45, 2.75) is 118 Å². The van der Waals surface area contributed by atoms with Gasteiger partial charge in [-0.3, -0.25) is 14.4 Å². The fourth-order valence-corrected chi connectivity index (χ4v) is 4.46. The average molecular weight is 576 g/mol. The number of methoxy groups -OCH3 is 1. The number of ether oxygens (including phenoxy) is 2. The topological polar surface area (TPSA) is 114 Å². The lowest BCUT2D eigenvalue weighted by Crippen LogP contribution is -2.55. The molecule has 9 nitrogen and oxygen atoms in total. The summed E-state index contributed by atoms with van der Waals surface area (Å²) in [4.78, 5) is 54.3. The standard InChI is InChI=1S/C32H53N3O6/c1-10-12-13-14-15-16-19-35(30(38)27(22(3)11-2)34-31(39)41-32(6,7)8)28(29(37)33-21-26(36)40-9)25-18-17-23(4)24(5)20-25/h17-18,20,22,27-28H,10-16,19,21H2,1-9H3,(H,33,37)(H,34,39). The molecule has 0 aliphatic carbocycles. The number of unbranched alkanes of at least 4 members (excludes halogenated alkanes) is 5. The van der Waals surface area contributed by atoms with Crippen LogP contribution in [-0.2, 0) is 23.9 Å². The van der Waals surface area contributed by atoms with Crippen LogP contribution in [0.5, 0.6) is 0 Å². The van der Waals surface area contributed by atoms with Crippen molar-refractivity contribution < 1.29 is 28.7 Å². The van der Waals surface area contributed by atoms with Crippen LogP contribution in [-0.4, -0.2) is 60.6 Å². The molecule has 3 unspecified atom stereocenters. The number of benzene rings is 1. The highest BCUT2D eigenvalue weighted by Gasteiger charge is 2.38. The van der Waals surface area contributed by atoms with Crippen molar-refractivity contribution in [1.29, 1.82) is 0 Å². The molecule has 0 aliphatic heterocycles. The maximum atomic E-state index is 14.4. The van der Waals surface area contributed by atoms with Gasteiger partial charge in [0.2, 0.25) is 11.8 Å².